The number of methoxy groups -OCH3 is 4. The van der Waals surface area contributed by atoms with Crippen LogP contribution in [0.4, 0.5) is 11.4 Å². The molecule has 0 amide bonds. The van der Waals surface area contributed by atoms with Gasteiger partial charge in [-0.05, 0) is 36.3 Å². The minimum atomic E-state index is -0.109. The Morgan fingerprint density at radius 1 is 0.935 bits per heavy atom. The van der Waals surface area contributed by atoms with Gasteiger partial charge in [0.05, 0.1) is 39.8 Å². The zero-order valence-corrected chi connectivity index (χ0v) is 19.5. The molecule has 7 nitrogen and oxygen atoms in total. The molecule has 0 aliphatic rings. The Kier molecular flexibility index (Phi) is 7.80. The lowest BCUT2D eigenvalue weighted by atomic mass is 9.91. The lowest BCUT2D eigenvalue weighted by Crippen LogP contribution is -2.13. The van der Waals surface area contributed by atoms with Gasteiger partial charge in [-0.3, -0.25) is 4.79 Å². The summed E-state index contributed by atoms with van der Waals surface area (Å²) in [4.78, 5) is 15.3. The lowest BCUT2D eigenvalue weighted by molar-refractivity contribution is 0.102. The van der Waals surface area contributed by atoms with E-state index in [0.29, 0.717) is 45.4 Å². The summed E-state index contributed by atoms with van der Waals surface area (Å²) in [5.41, 5.74) is 9.34. The van der Waals surface area contributed by atoms with Crippen molar-refractivity contribution in [3.8, 4) is 23.0 Å². The zero-order chi connectivity index (χ0) is 23.3. The summed E-state index contributed by atoms with van der Waals surface area (Å²) in [6.07, 6.45) is 1.80. The number of benzene rings is 2. The second-order valence-corrected chi connectivity index (χ2v) is 7.52. The van der Waals surface area contributed by atoms with Crippen LogP contribution in [0.2, 0.25) is 0 Å². The zero-order valence-electron chi connectivity index (χ0n) is 19.5. The van der Waals surface area contributed by atoms with E-state index in [1.807, 2.05) is 38.9 Å². The number of ketones is 1. The highest BCUT2D eigenvalue weighted by Gasteiger charge is 2.23. The van der Waals surface area contributed by atoms with Gasteiger partial charge >= 0.3 is 0 Å². The first-order valence-corrected chi connectivity index (χ1v) is 9.90. The molecule has 0 heterocycles. The predicted octanol–water partition coefficient (Wildman–Crippen LogP) is 4.29. The SMILES string of the molecule is COc1cc(/C=C(/C(=O)c2ccc(N(C)C)c(N)c2)C(C)C)c(OC)c(OC)c1OC. The average molecular weight is 429 g/mol. The number of Topliss-reactive ketones (excluding diaryl/α,β-unsaturated/α-hetero) is 1. The molecule has 0 saturated heterocycles. The number of nitrogens with zero attached hydrogens (tertiary/aromatic N) is 1. The Hall–Kier alpha value is -3.35. The van der Waals surface area contributed by atoms with Crippen molar-refractivity contribution in [3.05, 3.63) is 41.0 Å². The van der Waals surface area contributed by atoms with Crippen LogP contribution in [0, 0.1) is 5.92 Å². The number of allylic oxidation sites excluding steroid dienone is 1. The number of carbonyl (C=O) groups is 1. The predicted molar refractivity (Wildman–Crippen MR) is 125 cm³/mol. The molecule has 2 aromatic carbocycles. The Labute approximate surface area is 184 Å². The van der Waals surface area contributed by atoms with Crippen LogP contribution in [0.15, 0.2) is 29.8 Å². The molecule has 168 valence electrons. The highest BCUT2D eigenvalue weighted by Crippen LogP contribution is 2.47. The Bertz CT molecular complexity index is 980. The van der Waals surface area contributed by atoms with E-state index in [1.54, 1.807) is 38.5 Å². The quantitative estimate of drug-likeness (QED) is 0.362. The van der Waals surface area contributed by atoms with E-state index < -0.39 is 0 Å². The fourth-order valence-electron chi connectivity index (χ4n) is 3.40. The van der Waals surface area contributed by atoms with Crippen molar-refractivity contribution >= 4 is 23.2 Å². The molecule has 0 unspecified atom stereocenters. The number of anilines is 2. The standard InChI is InChI=1S/C24H32N2O5/c1-14(2)17(21(27)15-9-10-19(26(3)4)18(25)12-15)11-16-13-20(28-5)23(30-7)24(31-8)22(16)29-6/h9-14H,25H2,1-8H3/b17-11+. The molecule has 2 rings (SSSR count). The van der Waals surface area contributed by atoms with E-state index in [-0.39, 0.29) is 11.7 Å². The topological polar surface area (TPSA) is 83.3 Å². The summed E-state index contributed by atoms with van der Waals surface area (Å²) in [6.45, 7) is 3.93. The van der Waals surface area contributed by atoms with Crippen molar-refractivity contribution in [3.63, 3.8) is 0 Å². The van der Waals surface area contributed by atoms with Gasteiger partial charge in [0.1, 0.15) is 0 Å². The Balaban J connectivity index is 2.66. The molecule has 0 atom stereocenters. The summed E-state index contributed by atoms with van der Waals surface area (Å²) in [6, 6.07) is 7.11. The number of ether oxygens (including phenoxy) is 4. The van der Waals surface area contributed by atoms with Crippen LogP contribution in [0.3, 0.4) is 0 Å². The summed E-state index contributed by atoms with van der Waals surface area (Å²) in [5.74, 6) is 1.58. The van der Waals surface area contributed by atoms with E-state index in [9.17, 15) is 4.79 Å². The summed E-state index contributed by atoms with van der Waals surface area (Å²) in [5, 5.41) is 0. The van der Waals surface area contributed by atoms with Crippen LogP contribution in [-0.4, -0.2) is 48.3 Å². The van der Waals surface area contributed by atoms with E-state index in [2.05, 4.69) is 0 Å². The van der Waals surface area contributed by atoms with Crippen LogP contribution < -0.4 is 29.6 Å². The molecule has 0 radical (unpaired) electrons. The monoisotopic (exact) mass is 428 g/mol. The van der Waals surface area contributed by atoms with Crippen molar-refractivity contribution in [1.29, 1.82) is 0 Å². The molecule has 31 heavy (non-hydrogen) atoms. The average Bonchev–Trinajstić information content (AvgIpc) is 2.74. The van der Waals surface area contributed by atoms with Crippen LogP contribution in [-0.2, 0) is 0 Å². The van der Waals surface area contributed by atoms with Gasteiger partial charge in [-0.2, -0.15) is 0 Å². The number of hydrogen-bond acceptors (Lipinski definition) is 7. The fraction of sp³-hybridized carbons (Fsp3) is 0.375. The third-order valence-electron chi connectivity index (χ3n) is 4.98. The van der Waals surface area contributed by atoms with Gasteiger partial charge < -0.3 is 29.6 Å². The Morgan fingerprint density at radius 2 is 1.55 bits per heavy atom. The second kappa shape index (κ2) is 10.1. The summed E-state index contributed by atoms with van der Waals surface area (Å²) < 4.78 is 22.0. The van der Waals surface area contributed by atoms with Crippen molar-refractivity contribution < 1.29 is 23.7 Å². The normalized spacial score (nSPS) is 11.3. The minimum Gasteiger partial charge on any atom is -0.493 e. The first-order valence-electron chi connectivity index (χ1n) is 9.90. The maximum absolute atomic E-state index is 13.4. The van der Waals surface area contributed by atoms with Gasteiger partial charge in [0, 0.05) is 30.8 Å². The molecule has 2 aromatic rings. The largest absolute Gasteiger partial charge is 0.493 e. The highest BCUT2D eigenvalue weighted by atomic mass is 16.5. The molecular formula is C24H32N2O5. The number of hydrogen-bond donors (Lipinski definition) is 1. The minimum absolute atomic E-state index is 0.0500. The fourth-order valence-corrected chi connectivity index (χ4v) is 3.40. The van der Waals surface area contributed by atoms with Crippen LogP contribution in [0.1, 0.15) is 29.8 Å². The molecular weight excluding hydrogens is 396 g/mol. The van der Waals surface area contributed by atoms with Gasteiger partial charge in [-0.1, -0.05) is 13.8 Å². The maximum atomic E-state index is 13.4. The van der Waals surface area contributed by atoms with Gasteiger partial charge in [0.15, 0.2) is 17.3 Å². The van der Waals surface area contributed by atoms with Crippen molar-refractivity contribution in [2.24, 2.45) is 5.92 Å². The van der Waals surface area contributed by atoms with E-state index in [0.717, 1.165) is 5.69 Å². The molecule has 2 N–H and O–H groups in total. The molecule has 0 bridgehead atoms. The second-order valence-electron chi connectivity index (χ2n) is 7.52. The first-order chi connectivity index (χ1) is 14.7. The molecule has 0 saturated carbocycles. The van der Waals surface area contributed by atoms with Gasteiger partial charge in [-0.15, -0.1) is 0 Å². The first kappa shape index (κ1) is 23.9. The molecule has 7 heteroatoms. The van der Waals surface area contributed by atoms with Crippen LogP contribution in [0.25, 0.3) is 6.08 Å². The third kappa shape index (κ3) is 4.87. The highest BCUT2D eigenvalue weighted by molar-refractivity contribution is 6.12. The van der Waals surface area contributed by atoms with Crippen molar-refractivity contribution in [2.45, 2.75) is 13.8 Å². The Morgan fingerprint density at radius 3 is 2.00 bits per heavy atom. The number of carbonyl (C=O) groups excluding carboxylic acids is 1. The third-order valence-corrected chi connectivity index (χ3v) is 4.98. The number of nitrogens with two attached hydrogens (primary N) is 1. The summed E-state index contributed by atoms with van der Waals surface area (Å²) >= 11 is 0. The smallest absolute Gasteiger partial charge is 0.207 e. The molecule has 0 aliphatic carbocycles. The van der Waals surface area contributed by atoms with Crippen molar-refractivity contribution in [2.75, 3.05) is 53.2 Å². The van der Waals surface area contributed by atoms with Gasteiger partial charge in [0.2, 0.25) is 11.5 Å². The van der Waals surface area contributed by atoms with E-state index in [1.165, 1.54) is 14.2 Å². The molecule has 0 aromatic heterocycles. The van der Waals surface area contributed by atoms with Crippen LogP contribution >= 0.6 is 0 Å². The number of nitrogen functional groups attached to an aromatic ring is 1. The van der Waals surface area contributed by atoms with Gasteiger partial charge in [-0.25, -0.2) is 0 Å². The van der Waals surface area contributed by atoms with E-state index >= 15 is 0 Å². The van der Waals surface area contributed by atoms with Crippen LogP contribution in [0.5, 0.6) is 23.0 Å². The van der Waals surface area contributed by atoms with Gasteiger partial charge in [0.25, 0.3) is 0 Å². The van der Waals surface area contributed by atoms with Crippen molar-refractivity contribution in [1.82, 2.24) is 0 Å². The molecule has 0 spiro atoms. The molecule has 0 aliphatic heterocycles. The lowest BCUT2D eigenvalue weighted by Gasteiger charge is -2.19. The molecule has 0 fully saturated rings. The summed E-state index contributed by atoms with van der Waals surface area (Å²) in [7, 11) is 9.95. The van der Waals surface area contributed by atoms with E-state index in [4.69, 9.17) is 24.7 Å². The number of rotatable bonds is 9. The maximum Gasteiger partial charge on any atom is 0.207 e.